The molecule has 0 aliphatic heterocycles. The van der Waals surface area contributed by atoms with Crippen LogP contribution in [0.1, 0.15) is 24.5 Å². The predicted molar refractivity (Wildman–Crippen MR) is 72.8 cm³/mol. The molecule has 0 aromatic heterocycles. The fourth-order valence-electron chi connectivity index (χ4n) is 1.44. The molecule has 0 bridgehead atoms. The van der Waals surface area contributed by atoms with Crippen LogP contribution >= 0.6 is 0 Å². The van der Waals surface area contributed by atoms with Crippen LogP contribution in [0.2, 0.25) is 0 Å². The Bertz CT molecular complexity index is 473. The van der Waals surface area contributed by atoms with Crippen LogP contribution < -0.4 is 4.74 Å². The van der Waals surface area contributed by atoms with Crippen molar-refractivity contribution in [1.82, 2.24) is 0 Å². The van der Waals surface area contributed by atoms with E-state index in [1.807, 2.05) is 32.0 Å². The lowest BCUT2D eigenvalue weighted by molar-refractivity contribution is -0.131. The summed E-state index contributed by atoms with van der Waals surface area (Å²) in [5.74, 6) is -0.259. The van der Waals surface area contributed by atoms with Crippen LogP contribution in [0.15, 0.2) is 36.4 Å². The minimum absolute atomic E-state index is 0.454. The summed E-state index contributed by atoms with van der Waals surface area (Å²) < 4.78 is 5.71. The third-order valence-electron chi connectivity index (χ3n) is 2.57. The average Bonchev–Trinajstić information content (AvgIpc) is 2.34. The highest BCUT2D eigenvalue weighted by Crippen LogP contribution is 2.25. The smallest absolute Gasteiger partial charge is 0.328 e. The Labute approximate surface area is 107 Å². The number of rotatable bonds is 6. The van der Waals surface area contributed by atoms with Crippen molar-refractivity contribution >= 4 is 12.0 Å². The number of para-hydroxylation sites is 1. The summed E-state index contributed by atoms with van der Waals surface area (Å²) in [6.45, 7) is 8.29. The highest BCUT2D eigenvalue weighted by Gasteiger charge is 2.05. The number of aryl methyl sites for hydroxylation is 1. The molecule has 0 atom stereocenters. The standard InChI is InChI=1S/C15H18O3/c1-4-11(2)10-18-15-12(3)6-5-7-13(15)8-9-14(16)17/h5-9H,2,4,10H2,1,3H3,(H,16,17)/b9-8+. The number of benzene rings is 1. The van der Waals surface area contributed by atoms with Gasteiger partial charge in [-0.05, 0) is 30.6 Å². The zero-order valence-corrected chi connectivity index (χ0v) is 10.8. The summed E-state index contributed by atoms with van der Waals surface area (Å²) in [5.41, 5.74) is 2.75. The maximum atomic E-state index is 10.5. The Morgan fingerprint density at radius 3 is 2.83 bits per heavy atom. The van der Waals surface area contributed by atoms with Crippen LogP contribution in [0, 0.1) is 6.92 Å². The second kappa shape index (κ2) is 6.64. The van der Waals surface area contributed by atoms with Crippen LogP contribution in [-0.4, -0.2) is 17.7 Å². The Balaban J connectivity index is 2.93. The summed E-state index contributed by atoms with van der Waals surface area (Å²) in [6.07, 6.45) is 3.52. The Morgan fingerprint density at radius 2 is 2.22 bits per heavy atom. The van der Waals surface area contributed by atoms with E-state index in [-0.39, 0.29) is 0 Å². The number of carboxylic acids is 1. The molecule has 0 unspecified atom stereocenters. The second-order valence-electron chi connectivity index (χ2n) is 4.06. The van der Waals surface area contributed by atoms with E-state index in [4.69, 9.17) is 9.84 Å². The summed E-state index contributed by atoms with van der Waals surface area (Å²) in [6, 6.07) is 5.64. The first-order valence-corrected chi connectivity index (χ1v) is 5.84. The van der Waals surface area contributed by atoms with Gasteiger partial charge < -0.3 is 9.84 Å². The van der Waals surface area contributed by atoms with Gasteiger partial charge in [0.25, 0.3) is 0 Å². The summed E-state index contributed by atoms with van der Waals surface area (Å²) in [7, 11) is 0. The van der Waals surface area contributed by atoms with E-state index in [9.17, 15) is 4.79 Å². The van der Waals surface area contributed by atoms with Crippen LogP contribution in [-0.2, 0) is 4.79 Å². The molecular formula is C15H18O3. The molecule has 3 heteroatoms. The largest absolute Gasteiger partial charge is 0.488 e. The van der Waals surface area contributed by atoms with Gasteiger partial charge in [-0.1, -0.05) is 31.7 Å². The number of aliphatic carboxylic acids is 1. The van der Waals surface area contributed by atoms with Crippen molar-refractivity contribution in [2.75, 3.05) is 6.61 Å². The molecule has 0 saturated heterocycles. The fourth-order valence-corrected chi connectivity index (χ4v) is 1.44. The second-order valence-corrected chi connectivity index (χ2v) is 4.06. The number of hydrogen-bond donors (Lipinski definition) is 1. The predicted octanol–water partition coefficient (Wildman–Crippen LogP) is 3.44. The minimum atomic E-state index is -0.972. The monoisotopic (exact) mass is 246 g/mol. The lowest BCUT2D eigenvalue weighted by Crippen LogP contribution is -2.02. The number of hydrogen-bond acceptors (Lipinski definition) is 2. The first kappa shape index (κ1) is 14.0. The highest BCUT2D eigenvalue weighted by molar-refractivity contribution is 5.86. The molecular weight excluding hydrogens is 228 g/mol. The van der Waals surface area contributed by atoms with Crippen molar-refractivity contribution < 1.29 is 14.6 Å². The van der Waals surface area contributed by atoms with E-state index < -0.39 is 5.97 Å². The van der Waals surface area contributed by atoms with E-state index in [1.165, 1.54) is 0 Å². The Kier molecular flexibility index (Phi) is 5.18. The molecule has 96 valence electrons. The van der Waals surface area contributed by atoms with Crippen LogP contribution in [0.25, 0.3) is 6.08 Å². The normalized spacial score (nSPS) is 10.6. The molecule has 0 fully saturated rings. The van der Waals surface area contributed by atoms with E-state index in [1.54, 1.807) is 6.08 Å². The number of carbonyl (C=O) groups is 1. The molecule has 0 amide bonds. The van der Waals surface area contributed by atoms with Gasteiger partial charge in [-0.15, -0.1) is 0 Å². The van der Waals surface area contributed by atoms with Gasteiger partial charge in [-0.3, -0.25) is 0 Å². The molecule has 3 nitrogen and oxygen atoms in total. The molecule has 0 heterocycles. The molecule has 18 heavy (non-hydrogen) atoms. The molecule has 1 rings (SSSR count). The van der Waals surface area contributed by atoms with Gasteiger partial charge in [0.15, 0.2) is 0 Å². The SMILES string of the molecule is C=C(CC)COc1c(C)cccc1/C=C/C(=O)O. The third-order valence-corrected chi connectivity index (χ3v) is 2.57. The van der Waals surface area contributed by atoms with Gasteiger partial charge >= 0.3 is 5.97 Å². The molecule has 0 radical (unpaired) electrons. The van der Waals surface area contributed by atoms with Crippen molar-refractivity contribution in [2.24, 2.45) is 0 Å². The molecule has 0 aliphatic rings. The van der Waals surface area contributed by atoms with Gasteiger partial charge in [0, 0.05) is 11.6 Å². The van der Waals surface area contributed by atoms with Crippen molar-refractivity contribution in [3.63, 3.8) is 0 Å². The van der Waals surface area contributed by atoms with E-state index in [2.05, 4.69) is 6.58 Å². The summed E-state index contributed by atoms with van der Waals surface area (Å²) in [4.78, 5) is 10.5. The maximum absolute atomic E-state index is 10.5. The lowest BCUT2D eigenvalue weighted by Gasteiger charge is -2.12. The fraction of sp³-hybridized carbons (Fsp3) is 0.267. The van der Waals surface area contributed by atoms with Crippen molar-refractivity contribution in [3.05, 3.63) is 47.6 Å². The third kappa shape index (κ3) is 4.09. The van der Waals surface area contributed by atoms with Gasteiger partial charge in [0.05, 0.1) is 0 Å². The zero-order valence-electron chi connectivity index (χ0n) is 10.8. The summed E-state index contributed by atoms with van der Waals surface area (Å²) >= 11 is 0. The molecule has 1 aromatic rings. The van der Waals surface area contributed by atoms with Gasteiger partial charge in [-0.25, -0.2) is 4.79 Å². The van der Waals surface area contributed by atoms with E-state index in [0.29, 0.717) is 12.4 Å². The van der Waals surface area contributed by atoms with Crippen molar-refractivity contribution in [3.8, 4) is 5.75 Å². The van der Waals surface area contributed by atoms with Gasteiger partial charge in [0.2, 0.25) is 0 Å². The maximum Gasteiger partial charge on any atom is 0.328 e. The van der Waals surface area contributed by atoms with E-state index >= 15 is 0 Å². The molecule has 1 N–H and O–H groups in total. The molecule has 0 spiro atoms. The topological polar surface area (TPSA) is 46.5 Å². The minimum Gasteiger partial charge on any atom is -0.488 e. The van der Waals surface area contributed by atoms with E-state index in [0.717, 1.165) is 29.2 Å². The van der Waals surface area contributed by atoms with Gasteiger partial charge in [0.1, 0.15) is 12.4 Å². The van der Waals surface area contributed by atoms with Crippen molar-refractivity contribution in [2.45, 2.75) is 20.3 Å². The first-order chi connectivity index (χ1) is 8.54. The number of carboxylic acid groups (broad SMARTS) is 1. The van der Waals surface area contributed by atoms with Gasteiger partial charge in [-0.2, -0.15) is 0 Å². The average molecular weight is 246 g/mol. The quantitative estimate of drug-likeness (QED) is 0.617. The Morgan fingerprint density at radius 1 is 1.50 bits per heavy atom. The van der Waals surface area contributed by atoms with Crippen LogP contribution in [0.5, 0.6) is 5.75 Å². The molecule has 0 saturated carbocycles. The van der Waals surface area contributed by atoms with Crippen LogP contribution in [0.4, 0.5) is 0 Å². The first-order valence-electron chi connectivity index (χ1n) is 5.84. The van der Waals surface area contributed by atoms with Crippen LogP contribution in [0.3, 0.4) is 0 Å². The Hall–Kier alpha value is -2.03. The van der Waals surface area contributed by atoms with Crippen molar-refractivity contribution in [1.29, 1.82) is 0 Å². The summed E-state index contributed by atoms with van der Waals surface area (Å²) in [5, 5.41) is 8.65. The zero-order chi connectivity index (χ0) is 13.5. The highest BCUT2D eigenvalue weighted by atomic mass is 16.5. The molecule has 1 aromatic carbocycles. The number of ether oxygens (including phenoxy) is 1. The lowest BCUT2D eigenvalue weighted by atomic mass is 10.1. The molecule has 0 aliphatic carbocycles.